The lowest BCUT2D eigenvalue weighted by molar-refractivity contribution is 0.121. The summed E-state index contributed by atoms with van der Waals surface area (Å²) < 4.78 is 5.89. The predicted molar refractivity (Wildman–Crippen MR) is 76.9 cm³/mol. The number of rotatable bonds is 4. The van der Waals surface area contributed by atoms with Gasteiger partial charge < -0.3 is 10.2 Å². The monoisotopic (exact) mass is 265 g/mol. The first kappa shape index (κ1) is 14.5. The molecule has 1 unspecified atom stereocenters. The van der Waals surface area contributed by atoms with Crippen molar-refractivity contribution in [1.82, 2.24) is 9.88 Å². The summed E-state index contributed by atoms with van der Waals surface area (Å²) in [6, 6.07) is 0.601. The topological polar surface area (TPSA) is 55.3 Å². The first-order chi connectivity index (χ1) is 9.00. The number of aromatic nitrogens is 1. The normalized spacial score (nSPS) is 21.8. The summed E-state index contributed by atoms with van der Waals surface area (Å²) in [5, 5.41) is 0. The van der Waals surface area contributed by atoms with Crippen LogP contribution in [0.5, 0.6) is 0 Å². The molecule has 4 heteroatoms. The van der Waals surface area contributed by atoms with Gasteiger partial charge in [-0.1, -0.05) is 27.2 Å². The summed E-state index contributed by atoms with van der Waals surface area (Å²) >= 11 is 0. The van der Waals surface area contributed by atoms with Gasteiger partial charge in [0.25, 0.3) is 0 Å². The summed E-state index contributed by atoms with van der Waals surface area (Å²) in [6.07, 6.45) is 6.79. The van der Waals surface area contributed by atoms with Crippen molar-refractivity contribution < 1.29 is 4.42 Å². The Morgan fingerprint density at radius 1 is 1.42 bits per heavy atom. The summed E-state index contributed by atoms with van der Waals surface area (Å²) in [5.74, 6) is 1.81. The van der Waals surface area contributed by atoms with E-state index in [4.69, 9.17) is 10.2 Å². The molecular weight excluding hydrogens is 238 g/mol. The lowest BCUT2D eigenvalue weighted by atomic mass is 9.94. The maximum absolute atomic E-state index is 5.89. The van der Waals surface area contributed by atoms with Crippen molar-refractivity contribution in [3.05, 3.63) is 17.8 Å². The number of oxazole rings is 1. The maximum atomic E-state index is 5.89. The molecule has 4 nitrogen and oxygen atoms in total. The molecule has 0 bridgehead atoms. The Kier molecular flexibility index (Phi) is 4.63. The van der Waals surface area contributed by atoms with Crippen LogP contribution in [-0.4, -0.2) is 29.0 Å². The number of hydrogen-bond acceptors (Lipinski definition) is 4. The van der Waals surface area contributed by atoms with Crippen LogP contribution in [-0.2, 0) is 12.0 Å². The van der Waals surface area contributed by atoms with Gasteiger partial charge in [-0.2, -0.15) is 0 Å². The lowest BCUT2D eigenvalue weighted by Gasteiger charge is -2.34. The molecule has 1 atom stereocenters. The van der Waals surface area contributed by atoms with Crippen LogP contribution in [0.2, 0.25) is 0 Å². The first-order valence-corrected chi connectivity index (χ1v) is 7.40. The fourth-order valence-corrected chi connectivity index (χ4v) is 2.69. The fraction of sp³-hybridized carbons (Fsp3) is 0.800. The van der Waals surface area contributed by atoms with Gasteiger partial charge in [0.2, 0.25) is 5.89 Å². The van der Waals surface area contributed by atoms with Crippen molar-refractivity contribution >= 4 is 0 Å². The van der Waals surface area contributed by atoms with Gasteiger partial charge in [-0.15, -0.1) is 0 Å². The van der Waals surface area contributed by atoms with Gasteiger partial charge >= 0.3 is 0 Å². The van der Waals surface area contributed by atoms with E-state index in [-0.39, 0.29) is 5.41 Å². The zero-order valence-corrected chi connectivity index (χ0v) is 12.5. The van der Waals surface area contributed by atoms with E-state index in [9.17, 15) is 0 Å². The highest BCUT2D eigenvalue weighted by Crippen LogP contribution is 2.25. The second-order valence-corrected chi connectivity index (χ2v) is 6.57. The molecule has 1 aromatic heterocycles. The largest absolute Gasteiger partial charge is 0.444 e. The average Bonchev–Trinajstić information content (AvgIpc) is 2.80. The predicted octanol–water partition coefficient (Wildman–Crippen LogP) is 2.68. The van der Waals surface area contributed by atoms with Crippen LogP contribution in [0, 0.1) is 0 Å². The molecule has 1 aliphatic rings. The van der Waals surface area contributed by atoms with Crippen molar-refractivity contribution in [2.75, 3.05) is 13.1 Å². The van der Waals surface area contributed by atoms with Crippen molar-refractivity contribution in [3.8, 4) is 0 Å². The number of likely N-dealkylation sites (tertiary alicyclic amines) is 1. The minimum absolute atomic E-state index is 0.0316. The molecule has 0 radical (unpaired) electrons. The van der Waals surface area contributed by atoms with Gasteiger partial charge in [0, 0.05) is 11.5 Å². The molecule has 1 saturated heterocycles. The summed E-state index contributed by atoms with van der Waals surface area (Å²) in [5.41, 5.74) is 5.74. The molecule has 1 fully saturated rings. The number of piperidine rings is 1. The van der Waals surface area contributed by atoms with Crippen LogP contribution >= 0.6 is 0 Å². The Morgan fingerprint density at radius 2 is 2.21 bits per heavy atom. The maximum Gasteiger partial charge on any atom is 0.208 e. The molecule has 1 aromatic rings. The molecule has 0 saturated carbocycles. The van der Waals surface area contributed by atoms with Crippen molar-refractivity contribution in [2.24, 2.45) is 5.73 Å². The molecule has 2 N–H and O–H groups in total. The van der Waals surface area contributed by atoms with E-state index in [0.29, 0.717) is 6.04 Å². The summed E-state index contributed by atoms with van der Waals surface area (Å²) in [4.78, 5) is 6.91. The van der Waals surface area contributed by atoms with E-state index in [1.165, 1.54) is 19.3 Å². The van der Waals surface area contributed by atoms with Crippen LogP contribution in [0.4, 0.5) is 0 Å². The van der Waals surface area contributed by atoms with E-state index in [1.807, 2.05) is 6.20 Å². The fourth-order valence-electron chi connectivity index (χ4n) is 2.69. The van der Waals surface area contributed by atoms with Crippen molar-refractivity contribution in [2.45, 2.75) is 64.5 Å². The molecule has 1 aliphatic heterocycles. The van der Waals surface area contributed by atoms with Gasteiger partial charge in [0.15, 0.2) is 0 Å². The molecular formula is C15H27N3O. The highest BCUT2D eigenvalue weighted by Gasteiger charge is 2.24. The minimum Gasteiger partial charge on any atom is -0.444 e. The van der Waals surface area contributed by atoms with Crippen molar-refractivity contribution in [3.63, 3.8) is 0 Å². The summed E-state index contributed by atoms with van der Waals surface area (Å²) in [7, 11) is 0. The SMILES string of the molecule is CC(C)(C)c1cnc(CN2CCCCC2CCN)o1. The van der Waals surface area contributed by atoms with Crippen molar-refractivity contribution in [1.29, 1.82) is 0 Å². The molecule has 0 amide bonds. The zero-order chi connectivity index (χ0) is 13.9. The van der Waals surface area contributed by atoms with Gasteiger partial charge in [-0.05, 0) is 32.4 Å². The molecule has 2 heterocycles. The quantitative estimate of drug-likeness (QED) is 0.909. The van der Waals surface area contributed by atoms with E-state index >= 15 is 0 Å². The number of nitrogens with two attached hydrogens (primary N) is 1. The highest BCUT2D eigenvalue weighted by molar-refractivity contribution is 5.06. The molecule has 108 valence electrons. The van der Waals surface area contributed by atoms with Crippen LogP contribution in [0.25, 0.3) is 0 Å². The first-order valence-electron chi connectivity index (χ1n) is 7.40. The third kappa shape index (κ3) is 3.80. The Labute approximate surface area is 116 Å². The molecule has 0 aliphatic carbocycles. The molecule has 19 heavy (non-hydrogen) atoms. The standard InChI is InChI=1S/C15H27N3O/c1-15(2,3)13-10-17-14(19-13)11-18-9-5-4-6-12(18)7-8-16/h10,12H,4-9,11,16H2,1-3H3. The van der Waals surface area contributed by atoms with E-state index in [0.717, 1.165) is 37.7 Å². The van der Waals surface area contributed by atoms with Gasteiger partial charge in [-0.3, -0.25) is 4.90 Å². The lowest BCUT2D eigenvalue weighted by Crippen LogP contribution is -2.40. The second-order valence-electron chi connectivity index (χ2n) is 6.57. The summed E-state index contributed by atoms with van der Waals surface area (Å²) in [6.45, 7) is 9.17. The van der Waals surface area contributed by atoms with Crippen LogP contribution in [0.1, 0.15) is 58.1 Å². The van der Waals surface area contributed by atoms with E-state index < -0.39 is 0 Å². The third-order valence-corrected chi connectivity index (χ3v) is 3.88. The molecule has 0 aromatic carbocycles. The zero-order valence-electron chi connectivity index (χ0n) is 12.5. The number of nitrogens with zero attached hydrogens (tertiary/aromatic N) is 2. The van der Waals surface area contributed by atoms with Crippen LogP contribution in [0.3, 0.4) is 0 Å². The number of hydrogen-bond donors (Lipinski definition) is 1. The van der Waals surface area contributed by atoms with Gasteiger partial charge in [0.1, 0.15) is 5.76 Å². The van der Waals surface area contributed by atoms with E-state index in [1.54, 1.807) is 0 Å². The Bertz CT molecular complexity index is 392. The van der Waals surface area contributed by atoms with E-state index in [2.05, 4.69) is 30.7 Å². The van der Waals surface area contributed by atoms with Crippen LogP contribution < -0.4 is 5.73 Å². The Hall–Kier alpha value is -0.870. The van der Waals surface area contributed by atoms with Crippen LogP contribution in [0.15, 0.2) is 10.6 Å². The smallest absolute Gasteiger partial charge is 0.208 e. The average molecular weight is 265 g/mol. The highest BCUT2D eigenvalue weighted by atomic mass is 16.4. The molecule has 0 spiro atoms. The minimum atomic E-state index is 0.0316. The van der Waals surface area contributed by atoms with Gasteiger partial charge in [0.05, 0.1) is 12.7 Å². The second kappa shape index (κ2) is 6.06. The Balaban J connectivity index is 2.00. The Morgan fingerprint density at radius 3 is 2.84 bits per heavy atom. The third-order valence-electron chi connectivity index (χ3n) is 3.88. The van der Waals surface area contributed by atoms with Gasteiger partial charge in [-0.25, -0.2) is 4.98 Å². The molecule has 2 rings (SSSR count).